The van der Waals surface area contributed by atoms with Gasteiger partial charge < -0.3 is 0 Å². The van der Waals surface area contributed by atoms with Crippen LogP contribution in [0.5, 0.6) is 0 Å². The van der Waals surface area contributed by atoms with Crippen molar-refractivity contribution in [2.24, 2.45) is 5.41 Å². The molecule has 21 heteroatoms. The van der Waals surface area contributed by atoms with Gasteiger partial charge in [-0.15, -0.1) is 0 Å². The molecule has 0 unspecified atom stereocenters. The molecule has 3 nitrogen and oxygen atoms in total. The second-order valence-corrected chi connectivity index (χ2v) is 6.42. The number of alkyl halides is 17. The third-order valence-corrected chi connectivity index (χ3v) is 4.14. The lowest BCUT2D eigenvalue weighted by Crippen LogP contribution is -2.81. The van der Waals surface area contributed by atoms with Gasteiger partial charge in [-0.3, -0.25) is 4.55 Å². The Kier molecular flexibility index (Phi) is 6.08. The zero-order valence-corrected chi connectivity index (χ0v) is 12.9. The molecule has 0 aromatic heterocycles. The molecule has 0 aliphatic carbocycles. The molecule has 0 aromatic carbocycles. The quantitative estimate of drug-likeness (QED) is 0.425. The fourth-order valence-corrected chi connectivity index (χ4v) is 2.41. The molecule has 0 rings (SSSR count). The van der Waals surface area contributed by atoms with Gasteiger partial charge in [0.05, 0.1) is 0 Å². The van der Waals surface area contributed by atoms with Crippen LogP contribution in [-0.4, -0.2) is 54.5 Å². The Bertz CT molecular complexity index is 697. The summed E-state index contributed by atoms with van der Waals surface area (Å²) in [5.74, 6) is -27.4. The van der Waals surface area contributed by atoms with E-state index in [1.807, 2.05) is 0 Å². The topological polar surface area (TPSA) is 54.4 Å². The second kappa shape index (κ2) is 6.36. The molecule has 0 fully saturated rings. The first-order chi connectivity index (χ1) is 12.0. The first-order valence-electron chi connectivity index (χ1n) is 5.68. The molecule has 0 aliphatic heterocycles. The summed E-state index contributed by atoms with van der Waals surface area (Å²) in [4.78, 5) is 0. The maximum absolute atomic E-state index is 13.6. The van der Waals surface area contributed by atoms with Crippen LogP contribution < -0.4 is 0 Å². The molecule has 0 saturated heterocycles. The van der Waals surface area contributed by atoms with E-state index in [9.17, 15) is 83.1 Å². The number of hydrogen-bond acceptors (Lipinski definition) is 2. The lowest BCUT2D eigenvalue weighted by Gasteiger charge is -2.50. The molecular weight excluding hydrogens is 499 g/mol. The Hall–Kier alpha value is -1.28. The molecule has 176 valence electrons. The predicted molar refractivity (Wildman–Crippen MR) is 51.9 cm³/mol. The van der Waals surface area contributed by atoms with Crippen molar-refractivity contribution in [1.82, 2.24) is 0 Å². The van der Waals surface area contributed by atoms with Crippen LogP contribution in [0.25, 0.3) is 0 Å². The standard InChI is InChI=1S/C8HF17O3S/c9-2(10,6(18,19)20)1(5(15,16)17,3(11,12)7(21,22)23)4(13,14)8(24,25)29(26,27)28/h(H,26,27,28). The van der Waals surface area contributed by atoms with Crippen LogP contribution in [0.2, 0.25) is 0 Å². The Morgan fingerprint density at radius 3 is 0.828 bits per heavy atom. The van der Waals surface area contributed by atoms with Crippen molar-refractivity contribution in [3.05, 3.63) is 0 Å². The fraction of sp³-hybridized carbons (Fsp3) is 1.00. The zero-order valence-electron chi connectivity index (χ0n) is 12.1. The number of halogens is 17. The Morgan fingerprint density at radius 2 is 0.690 bits per heavy atom. The van der Waals surface area contributed by atoms with Crippen molar-refractivity contribution in [3.8, 4) is 0 Å². The van der Waals surface area contributed by atoms with Gasteiger partial charge in [-0.2, -0.15) is 83.1 Å². The molecule has 0 saturated carbocycles. The first-order valence-corrected chi connectivity index (χ1v) is 7.12. The summed E-state index contributed by atoms with van der Waals surface area (Å²) in [6.45, 7) is 0. The molecule has 0 heterocycles. The van der Waals surface area contributed by atoms with Crippen LogP contribution >= 0.6 is 0 Å². The van der Waals surface area contributed by atoms with Gasteiger partial charge >= 0.3 is 51.7 Å². The predicted octanol–water partition coefficient (Wildman–Crippen LogP) is 5.05. The van der Waals surface area contributed by atoms with Gasteiger partial charge in [0, 0.05) is 0 Å². The van der Waals surface area contributed by atoms with E-state index in [4.69, 9.17) is 4.55 Å². The van der Waals surface area contributed by atoms with E-state index in [1.165, 1.54) is 0 Å². The number of hydrogen-bond donors (Lipinski definition) is 1. The molecule has 0 aromatic rings. The summed E-state index contributed by atoms with van der Waals surface area (Å²) >= 11 is 0. The molecule has 29 heavy (non-hydrogen) atoms. The van der Waals surface area contributed by atoms with Crippen LogP contribution in [0.15, 0.2) is 0 Å². The summed E-state index contributed by atoms with van der Waals surface area (Å²) in [6.07, 6.45) is -25.9. The van der Waals surface area contributed by atoms with Gasteiger partial charge in [0.15, 0.2) is 0 Å². The Labute approximate surface area is 146 Å². The van der Waals surface area contributed by atoms with Crippen molar-refractivity contribution < 1.29 is 87.6 Å². The highest BCUT2D eigenvalue weighted by atomic mass is 32.2. The third kappa shape index (κ3) is 3.26. The van der Waals surface area contributed by atoms with E-state index in [0.29, 0.717) is 0 Å². The van der Waals surface area contributed by atoms with E-state index in [2.05, 4.69) is 0 Å². The highest BCUT2D eigenvalue weighted by Gasteiger charge is 3.04. The van der Waals surface area contributed by atoms with Crippen LogP contribution in [0, 0.1) is 5.41 Å². The lowest BCUT2D eigenvalue weighted by molar-refractivity contribution is -0.511. The number of rotatable bonds is 5. The molecule has 0 amide bonds. The van der Waals surface area contributed by atoms with Crippen LogP contribution in [0.3, 0.4) is 0 Å². The third-order valence-electron chi connectivity index (χ3n) is 3.24. The van der Waals surface area contributed by atoms with Crippen molar-refractivity contribution in [2.45, 2.75) is 41.6 Å². The monoisotopic (exact) mass is 500 g/mol. The Balaban J connectivity index is 8.16. The van der Waals surface area contributed by atoms with Crippen molar-refractivity contribution >= 4 is 10.1 Å². The molecule has 1 N–H and O–H groups in total. The molecule has 0 spiro atoms. The normalized spacial score (nSPS) is 16.9. The van der Waals surface area contributed by atoms with Crippen LogP contribution in [0.1, 0.15) is 0 Å². The fourth-order valence-electron chi connectivity index (χ4n) is 1.93. The van der Waals surface area contributed by atoms with E-state index < -0.39 is 57.1 Å². The summed E-state index contributed by atoms with van der Waals surface area (Å²) in [7, 11) is -8.30. The van der Waals surface area contributed by atoms with Gasteiger partial charge in [0.2, 0.25) is 0 Å². The van der Waals surface area contributed by atoms with Crippen molar-refractivity contribution in [2.75, 3.05) is 0 Å². The first kappa shape index (κ1) is 27.7. The van der Waals surface area contributed by atoms with Gasteiger partial charge in [0.25, 0.3) is 5.41 Å². The minimum Gasteiger partial charge on any atom is -0.281 e. The van der Waals surface area contributed by atoms with Crippen LogP contribution in [-0.2, 0) is 10.1 Å². The minimum absolute atomic E-state index is 7.77. The van der Waals surface area contributed by atoms with E-state index in [-0.39, 0.29) is 0 Å². The lowest BCUT2D eigenvalue weighted by atomic mass is 9.68. The smallest absolute Gasteiger partial charge is 0.281 e. The summed E-state index contributed by atoms with van der Waals surface area (Å²) in [5.41, 5.74) is -9.50. The summed E-state index contributed by atoms with van der Waals surface area (Å²) in [5, 5.41) is -8.36. The molecule has 0 bridgehead atoms. The molecular formula is C8HF17O3S. The minimum atomic E-state index is -9.50. The molecule has 0 atom stereocenters. The highest BCUT2D eigenvalue weighted by molar-refractivity contribution is 7.87. The van der Waals surface area contributed by atoms with Gasteiger partial charge in [-0.05, 0) is 0 Å². The molecule has 0 radical (unpaired) electrons. The maximum Gasteiger partial charge on any atom is 0.454 e. The van der Waals surface area contributed by atoms with E-state index in [1.54, 1.807) is 0 Å². The van der Waals surface area contributed by atoms with E-state index in [0.717, 1.165) is 0 Å². The van der Waals surface area contributed by atoms with Gasteiger partial charge in [-0.25, -0.2) is 0 Å². The maximum atomic E-state index is 13.6. The molecule has 0 aliphatic rings. The summed E-state index contributed by atoms with van der Waals surface area (Å²) in [6, 6.07) is 0. The zero-order chi connectivity index (χ0) is 24.5. The average molecular weight is 500 g/mol. The van der Waals surface area contributed by atoms with E-state index >= 15 is 0 Å². The SMILES string of the molecule is O=S(=O)(O)C(F)(F)C(F)(F)C(C(F)(F)F)(C(F)(F)C(F)(F)F)C(F)(F)C(F)(F)F. The second-order valence-electron chi connectivity index (χ2n) is 4.96. The van der Waals surface area contributed by atoms with Crippen LogP contribution in [0.4, 0.5) is 74.6 Å². The van der Waals surface area contributed by atoms with Gasteiger partial charge in [0.1, 0.15) is 0 Å². The largest absolute Gasteiger partial charge is 0.454 e. The van der Waals surface area contributed by atoms with Crippen molar-refractivity contribution in [3.63, 3.8) is 0 Å². The van der Waals surface area contributed by atoms with Gasteiger partial charge in [-0.1, -0.05) is 0 Å². The average Bonchev–Trinajstić information content (AvgIpc) is 2.31. The highest BCUT2D eigenvalue weighted by Crippen LogP contribution is 2.73. The summed E-state index contributed by atoms with van der Waals surface area (Å²) < 4.78 is 246. The Morgan fingerprint density at radius 1 is 0.448 bits per heavy atom. The van der Waals surface area contributed by atoms with Crippen molar-refractivity contribution in [1.29, 1.82) is 0 Å².